The maximum atomic E-state index is 12.3. The summed E-state index contributed by atoms with van der Waals surface area (Å²) in [5.41, 5.74) is 8.81. The van der Waals surface area contributed by atoms with Gasteiger partial charge in [0.15, 0.2) is 0 Å². The van der Waals surface area contributed by atoms with E-state index >= 15 is 0 Å². The van der Waals surface area contributed by atoms with Crippen LogP contribution in [0.1, 0.15) is 22.3 Å². The van der Waals surface area contributed by atoms with E-state index in [0.29, 0.717) is 36.3 Å². The SMILES string of the molecule is Nc1ccccc1CCC(=O)Nc1ccc(C(=O)NCCN2CCOCC2)cc1. The van der Waals surface area contributed by atoms with Crippen molar-refractivity contribution in [3.63, 3.8) is 0 Å². The van der Waals surface area contributed by atoms with Crippen LogP contribution in [0.4, 0.5) is 11.4 Å². The van der Waals surface area contributed by atoms with E-state index < -0.39 is 0 Å². The molecule has 1 fully saturated rings. The van der Waals surface area contributed by atoms with Gasteiger partial charge in [-0.25, -0.2) is 0 Å². The topological polar surface area (TPSA) is 96.7 Å². The maximum absolute atomic E-state index is 12.3. The number of anilines is 2. The van der Waals surface area contributed by atoms with Crippen LogP contribution in [0, 0.1) is 0 Å². The van der Waals surface area contributed by atoms with Gasteiger partial charge in [-0.15, -0.1) is 0 Å². The molecular weight excluding hydrogens is 368 g/mol. The van der Waals surface area contributed by atoms with Crippen LogP contribution in [0.3, 0.4) is 0 Å². The number of hydrogen-bond acceptors (Lipinski definition) is 5. The molecule has 2 amide bonds. The number of carbonyl (C=O) groups is 2. The number of nitrogens with one attached hydrogen (secondary N) is 2. The predicted molar refractivity (Wildman–Crippen MR) is 114 cm³/mol. The van der Waals surface area contributed by atoms with Crippen LogP contribution in [0.2, 0.25) is 0 Å². The highest BCUT2D eigenvalue weighted by atomic mass is 16.5. The van der Waals surface area contributed by atoms with E-state index in [1.54, 1.807) is 24.3 Å². The molecule has 0 bridgehead atoms. The van der Waals surface area contributed by atoms with Crippen molar-refractivity contribution >= 4 is 23.2 Å². The molecule has 2 aromatic carbocycles. The molecule has 7 nitrogen and oxygen atoms in total. The predicted octanol–water partition coefficient (Wildman–Crippen LogP) is 1.90. The van der Waals surface area contributed by atoms with E-state index in [4.69, 9.17) is 10.5 Å². The second kappa shape index (κ2) is 10.6. The Labute approximate surface area is 171 Å². The molecule has 0 radical (unpaired) electrons. The van der Waals surface area contributed by atoms with Crippen molar-refractivity contribution in [2.75, 3.05) is 50.4 Å². The van der Waals surface area contributed by atoms with Gasteiger partial charge >= 0.3 is 0 Å². The lowest BCUT2D eigenvalue weighted by Gasteiger charge is -2.26. The molecule has 1 aliphatic rings. The minimum absolute atomic E-state index is 0.0871. The lowest BCUT2D eigenvalue weighted by atomic mass is 10.1. The minimum Gasteiger partial charge on any atom is -0.399 e. The lowest BCUT2D eigenvalue weighted by Crippen LogP contribution is -2.41. The quantitative estimate of drug-likeness (QED) is 0.592. The average molecular weight is 396 g/mol. The van der Waals surface area contributed by atoms with Crippen LogP contribution in [0.25, 0.3) is 0 Å². The molecule has 1 saturated heterocycles. The summed E-state index contributed by atoms with van der Waals surface area (Å²) in [6.07, 6.45) is 0.931. The largest absolute Gasteiger partial charge is 0.399 e. The third-order valence-electron chi connectivity index (χ3n) is 4.92. The number of para-hydroxylation sites is 1. The van der Waals surface area contributed by atoms with Crippen LogP contribution in [0.5, 0.6) is 0 Å². The Morgan fingerprint density at radius 1 is 1.03 bits per heavy atom. The molecule has 0 atom stereocenters. The van der Waals surface area contributed by atoms with Crippen LogP contribution < -0.4 is 16.4 Å². The highest BCUT2D eigenvalue weighted by Crippen LogP contribution is 2.14. The molecule has 7 heteroatoms. The van der Waals surface area contributed by atoms with Gasteiger partial charge in [0.05, 0.1) is 13.2 Å². The number of nitrogens with zero attached hydrogens (tertiary/aromatic N) is 1. The normalized spacial score (nSPS) is 14.3. The zero-order valence-electron chi connectivity index (χ0n) is 16.5. The Balaban J connectivity index is 1.41. The Morgan fingerprint density at radius 3 is 2.48 bits per heavy atom. The van der Waals surface area contributed by atoms with Gasteiger partial charge in [0.25, 0.3) is 5.91 Å². The summed E-state index contributed by atoms with van der Waals surface area (Å²) >= 11 is 0. The fraction of sp³-hybridized carbons (Fsp3) is 0.364. The molecule has 0 aromatic heterocycles. The number of ether oxygens (including phenoxy) is 1. The molecule has 2 aromatic rings. The van der Waals surface area contributed by atoms with Gasteiger partial charge in [0.1, 0.15) is 0 Å². The molecule has 0 unspecified atom stereocenters. The summed E-state index contributed by atoms with van der Waals surface area (Å²) in [6, 6.07) is 14.5. The summed E-state index contributed by atoms with van der Waals surface area (Å²) in [4.78, 5) is 26.7. The zero-order valence-corrected chi connectivity index (χ0v) is 16.5. The molecule has 29 heavy (non-hydrogen) atoms. The second-order valence-corrected chi connectivity index (χ2v) is 7.03. The Hall–Kier alpha value is -2.90. The smallest absolute Gasteiger partial charge is 0.251 e. The first-order valence-electron chi connectivity index (χ1n) is 9.93. The van der Waals surface area contributed by atoms with Crippen molar-refractivity contribution in [2.24, 2.45) is 0 Å². The summed E-state index contributed by atoms with van der Waals surface area (Å²) in [6.45, 7) is 4.72. The van der Waals surface area contributed by atoms with Crippen molar-refractivity contribution < 1.29 is 14.3 Å². The lowest BCUT2D eigenvalue weighted by molar-refractivity contribution is -0.116. The van der Waals surface area contributed by atoms with Gasteiger partial charge in [-0.1, -0.05) is 18.2 Å². The monoisotopic (exact) mass is 396 g/mol. The van der Waals surface area contributed by atoms with Gasteiger partial charge in [0.2, 0.25) is 5.91 Å². The molecular formula is C22H28N4O3. The number of carbonyl (C=O) groups excluding carboxylic acids is 2. The summed E-state index contributed by atoms with van der Waals surface area (Å²) < 4.78 is 5.31. The molecule has 1 aliphatic heterocycles. The number of amides is 2. The van der Waals surface area contributed by atoms with E-state index in [1.165, 1.54) is 0 Å². The Morgan fingerprint density at radius 2 is 1.76 bits per heavy atom. The van der Waals surface area contributed by atoms with Crippen LogP contribution in [-0.2, 0) is 16.0 Å². The minimum atomic E-state index is -0.115. The molecule has 0 saturated carbocycles. The van der Waals surface area contributed by atoms with Gasteiger partial charge in [0, 0.05) is 49.5 Å². The van der Waals surface area contributed by atoms with Crippen molar-refractivity contribution in [1.29, 1.82) is 0 Å². The van der Waals surface area contributed by atoms with Crippen molar-refractivity contribution in [3.8, 4) is 0 Å². The van der Waals surface area contributed by atoms with E-state index in [2.05, 4.69) is 15.5 Å². The van der Waals surface area contributed by atoms with Crippen LogP contribution in [0.15, 0.2) is 48.5 Å². The van der Waals surface area contributed by atoms with Gasteiger partial charge in [-0.3, -0.25) is 14.5 Å². The second-order valence-electron chi connectivity index (χ2n) is 7.03. The number of hydrogen-bond donors (Lipinski definition) is 3. The van der Waals surface area contributed by atoms with Crippen molar-refractivity contribution in [1.82, 2.24) is 10.2 Å². The first kappa shape index (κ1) is 20.8. The summed E-state index contributed by atoms with van der Waals surface area (Å²) in [5.74, 6) is -0.202. The number of morpholine rings is 1. The van der Waals surface area contributed by atoms with E-state index in [0.717, 1.165) is 38.4 Å². The molecule has 0 spiro atoms. The standard InChI is InChI=1S/C22H28N4O3/c23-20-4-2-1-3-17(20)7-10-21(27)25-19-8-5-18(6-9-19)22(28)24-11-12-26-13-15-29-16-14-26/h1-6,8-9H,7,10-16,23H2,(H,24,28)(H,25,27). The fourth-order valence-electron chi connectivity index (χ4n) is 3.19. The highest BCUT2D eigenvalue weighted by molar-refractivity contribution is 5.95. The molecule has 4 N–H and O–H groups in total. The third kappa shape index (κ3) is 6.58. The molecule has 1 heterocycles. The first-order valence-corrected chi connectivity index (χ1v) is 9.93. The van der Waals surface area contributed by atoms with E-state index in [9.17, 15) is 9.59 Å². The number of nitrogens with two attached hydrogens (primary N) is 1. The van der Waals surface area contributed by atoms with Gasteiger partial charge < -0.3 is 21.1 Å². The number of aryl methyl sites for hydroxylation is 1. The van der Waals surface area contributed by atoms with Crippen LogP contribution in [-0.4, -0.2) is 56.1 Å². The van der Waals surface area contributed by atoms with Crippen molar-refractivity contribution in [2.45, 2.75) is 12.8 Å². The molecule has 154 valence electrons. The fourth-order valence-corrected chi connectivity index (χ4v) is 3.19. The Kier molecular flexibility index (Phi) is 7.61. The zero-order chi connectivity index (χ0) is 20.5. The molecule has 3 rings (SSSR count). The number of rotatable bonds is 8. The van der Waals surface area contributed by atoms with Crippen LogP contribution >= 0.6 is 0 Å². The average Bonchev–Trinajstić information content (AvgIpc) is 2.74. The highest BCUT2D eigenvalue weighted by Gasteiger charge is 2.11. The number of benzene rings is 2. The van der Waals surface area contributed by atoms with Gasteiger partial charge in [-0.05, 0) is 42.3 Å². The maximum Gasteiger partial charge on any atom is 0.251 e. The molecule has 0 aliphatic carbocycles. The van der Waals surface area contributed by atoms with Gasteiger partial charge in [-0.2, -0.15) is 0 Å². The first-order chi connectivity index (χ1) is 14.1. The number of nitrogen functional groups attached to an aromatic ring is 1. The van der Waals surface area contributed by atoms with E-state index in [-0.39, 0.29) is 11.8 Å². The van der Waals surface area contributed by atoms with Crippen molar-refractivity contribution in [3.05, 3.63) is 59.7 Å². The summed E-state index contributed by atoms with van der Waals surface area (Å²) in [7, 11) is 0. The van der Waals surface area contributed by atoms with E-state index in [1.807, 2.05) is 24.3 Å². The summed E-state index contributed by atoms with van der Waals surface area (Å²) in [5, 5.41) is 5.78. The Bertz CT molecular complexity index is 817. The third-order valence-corrected chi connectivity index (χ3v) is 4.92.